The first-order chi connectivity index (χ1) is 9.13. The molecule has 2 aromatic rings. The van der Waals surface area contributed by atoms with Gasteiger partial charge in [0, 0.05) is 31.9 Å². The molecule has 100 valence electrons. The number of halogens is 2. The fourth-order valence-electron chi connectivity index (χ4n) is 1.68. The summed E-state index contributed by atoms with van der Waals surface area (Å²) in [5.74, 6) is -1.38. The normalized spacial score (nSPS) is 10.5. The van der Waals surface area contributed by atoms with Crippen LogP contribution in [-0.2, 0) is 0 Å². The Kier molecular flexibility index (Phi) is 4.01. The van der Waals surface area contributed by atoms with E-state index in [1.165, 1.54) is 24.4 Å². The standard InChI is InChI=1S/C13H14F2N4/c1-19(8-6-16)13-17-7-5-11(18-13)9-3-2-4-10(14)12(9)15/h2-5,7H,6,8,16H2,1H3. The van der Waals surface area contributed by atoms with E-state index in [-0.39, 0.29) is 5.56 Å². The second-order valence-corrected chi connectivity index (χ2v) is 4.05. The molecule has 4 nitrogen and oxygen atoms in total. The van der Waals surface area contributed by atoms with Gasteiger partial charge in [-0.25, -0.2) is 18.7 Å². The third-order valence-corrected chi connectivity index (χ3v) is 2.68. The van der Waals surface area contributed by atoms with Crippen molar-refractivity contribution in [3.63, 3.8) is 0 Å². The Morgan fingerprint density at radius 1 is 1.26 bits per heavy atom. The van der Waals surface area contributed by atoms with E-state index in [0.29, 0.717) is 24.7 Å². The highest BCUT2D eigenvalue weighted by atomic mass is 19.2. The molecule has 0 fully saturated rings. The molecule has 0 saturated carbocycles. The number of rotatable bonds is 4. The number of hydrogen-bond donors (Lipinski definition) is 1. The number of aromatic nitrogens is 2. The van der Waals surface area contributed by atoms with E-state index in [4.69, 9.17) is 5.73 Å². The average Bonchev–Trinajstić information content (AvgIpc) is 2.42. The summed E-state index contributed by atoms with van der Waals surface area (Å²) in [6, 6.07) is 5.53. The van der Waals surface area contributed by atoms with Crippen LogP contribution < -0.4 is 10.6 Å². The lowest BCUT2D eigenvalue weighted by Crippen LogP contribution is -2.26. The second-order valence-electron chi connectivity index (χ2n) is 4.05. The quantitative estimate of drug-likeness (QED) is 0.915. The minimum Gasteiger partial charge on any atom is -0.343 e. The molecule has 0 aliphatic rings. The summed E-state index contributed by atoms with van der Waals surface area (Å²) in [4.78, 5) is 10.0. The minimum absolute atomic E-state index is 0.116. The van der Waals surface area contributed by atoms with Gasteiger partial charge in [0.25, 0.3) is 0 Å². The van der Waals surface area contributed by atoms with Crippen molar-refractivity contribution in [1.82, 2.24) is 9.97 Å². The zero-order valence-corrected chi connectivity index (χ0v) is 10.5. The number of nitrogens with two attached hydrogens (primary N) is 1. The zero-order valence-electron chi connectivity index (χ0n) is 10.5. The van der Waals surface area contributed by atoms with Gasteiger partial charge in [0.05, 0.1) is 5.69 Å². The van der Waals surface area contributed by atoms with Gasteiger partial charge >= 0.3 is 0 Å². The van der Waals surface area contributed by atoms with Gasteiger partial charge < -0.3 is 10.6 Å². The van der Waals surface area contributed by atoms with Crippen molar-refractivity contribution >= 4 is 5.95 Å². The Bertz CT molecular complexity index is 574. The van der Waals surface area contributed by atoms with Crippen molar-refractivity contribution in [2.24, 2.45) is 5.73 Å². The maximum absolute atomic E-state index is 13.7. The smallest absolute Gasteiger partial charge is 0.225 e. The molecule has 19 heavy (non-hydrogen) atoms. The fraction of sp³-hybridized carbons (Fsp3) is 0.231. The predicted molar refractivity (Wildman–Crippen MR) is 69.7 cm³/mol. The van der Waals surface area contributed by atoms with Gasteiger partial charge in [-0.05, 0) is 18.2 Å². The van der Waals surface area contributed by atoms with Crippen molar-refractivity contribution in [1.29, 1.82) is 0 Å². The zero-order chi connectivity index (χ0) is 13.8. The lowest BCUT2D eigenvalue weighted by Gasteiger charge is -2.16. The van der Waals surface area contributed by atoms with Crippen LogP contribution in [-0.4, -0.2) is 30.1 Å². The minimum atomic E-state index is -0.909. The van der Waals surface area contributed by atoms with E-state index in [0.717, 1.165) is 6.07 Å². The molecule has 0 amide bonds. The van der Waals surface area contributed by atoms with Crippen LogP contribution in [0.3, 0.4) is 0 Å². The van der Waals surface area contributed by atoms with Crippen LogP contribution in [0.4, 0.5) is 14.7 Å². The van der Waals surface area contributed by atoms with Crippen molar-refractivity contribution in [3.8, 4) is 11.3 Å². The molecule has 0 radical (unpaired) electrons. The summed E-state index contributed by atoms with van der Waals surface area (Å²) in [7, 11) is 1.79. The summed E-state index contributed by atoms with van der Waals surface area (Å²) in [6.07, 6.45) is 1.51. The highest BCUT2D eigenvalue weighted by Crippen LogP contribution is 2.23. The molecule has 0 aliphatic heterocycles. The molecule has 6 heteroatoms. The van der Waals surface area contributed by atoms with Crippen molar-refractivity contribution in [3.05, 3.63) is 42.1 Å². The van der Waals surface area contributed by atoms with Gasteiger partial charge in [0.2, 0.25) is 5.95 Å². The first-order valence-electron chi connectivity index (χ1n) is 5.82. The third-order valence-electron chi connectivity index (χ3n) is 2.68. The Labute approximate surface area is 109 Å². The molecule has 0 aliphatic carbocycles. The van der Waals surface area contributed by atoms with Gasteiger partial charge in [-0.3, -0.25) is 0 Å². The van der Waals surface area contributed by atoms with Gasteiger partial charge in [-0.1, -0.05) is 6.07 Å². The van der Waals surface area contributed by atoms with E-state index in [1.54, 1.807) is 11.9 Å². The number of nitrogens with zero attached hydrogens (tertiary/aromatic N) is 3. The van der Waals surface area contributed by atoms with Crippen LogP contribution >= 0.6 is 0 Å². The van der Waals surface area contributed by atoms with E-state index < -0.39 is 11.6 Å². The summed E-state index contributed by atoms with van der Waals surface area (Å²) < 4.78 is 26.9. The van der Waals surface area contributed by atoms with Crippen molar-refractivity contribution in [2.45, 2.75) is 0 Å². The van der Waals surface area contributed by atoms with E-state index >= 15 is 0 Å². The maximum atomic E-state index is 13.7. The molecule has 2 rings (SSSR count). The number of hydrogen-bond acceptors (Lipinski definition) is 4. The Balaban J connectivity index is 2.40. The monoisotopic (exact) mass is 264 g/mol. The van der Waals surface area contributed by atoms with Gasteiger partial charge in [-0.2, -0.15) is 0 Å². The highest BCUT2D eigenvalue weighted by Gasteiger charge is 2.12. The molecule has 0 atom stereocenters. The van der Waals surface area contributed by atoms with Crippen molar-refractivity contribution in [2.75, 3.05) is 25.0 Å². The summed E-state index contributed by atoms with van der Waals surface area (Å²) in [6.45, 7) is 1.04. The highest BCUT2D eigenvalue weighted by molar-refractivity contribution is 5.61. The number of anilines is 1. The Morgan fingerprint density at radius 3 is 2.79 bits per heavy atom. The van der Waals surface area contributed by atoms with E-state index in [1.807, 2.05) is 0 Å². The summed E-state index contributed by atoms with van der Waals surface area (Å²) in [5, 5.41) is 0. The second kappa shape index (κ2) is 5.71. The molecular weight excluding hydrogens is 250 g/mol. The van der Waals surface area contributed by atoms with E-state index in [2.05, 4.69) is 9.97 Å². The maximum Gasteiger partial charge on any atom is 0.225 e. The Morgan fingerprint density at radius 2 is 2.05 bits per heavy atom. The molecular formula is C13H14F2N4. The third kappa shape index (κ3) is 2.85. The van der Waals surface area contributed by atoms with Crippen LogP contribution in [0.2, 0.25) is 0 Å². The van der Waals surface area contributed by atoms with Crippen LogP contribution in [0.25, 0.3) is 11.3 Å². The average molecular weight is 264 g/mol. The molecule has 2 N–H and O–H groups in total. The first kappa shape index (κ1) is 13.4. The number of likely N-dealkylation sites (N-methyl/N-ethyl adjacent to an activating group) is 1. The SMILES string of the molecule is CN(CCN)c1nccc(-c2cccc(F)c2F)n1. The van der Waals surface area contributed by atoms with Gasteiger partial charge in [0.15, 0.2) is 11.6 Å². The molecule has 0 bridgehead atoms. The molecule has 1 aromatic heterocycles. The largest absolute Gasteiger partial charge is 0.343 e. The lowest BCUT2D eigenvalue weighted by atomic mass is 10.1. The summed E-state index contributed by atoms with van der Waals surface area (Å²) >= 11 is 0. The van der Waals surface area contributed by atoms with Crippen LogP contribution in [0.5, 0.6) is 0 Å². The van der Waals surface area contributed by atoms with Crippen LogP contribution in [0.15, 0.2) is 30.5 Å². The van der Waals surface area contributed by atoms with Gasteiger partial charge in [-0.15, -0.1) is 0 Å². The van der Waals surface area contributed by atoms with Crippen molar-refractivity contribution < 1.29 is 8.78 Å². The summed E-state index contributed by atoms with van der Waals surface area (Å²) in [5.41, 5.74) is 5.91. The molecule has 0 saturated heterocycles. The molecule has 1 aromatic carbocycles. The van der Waals surface area contributed by atoms with E-state index in [9.17, 15) is 8.78 Å². The predicted octanol–water partition coefficient (Wildman–Crippen LogP) is 1.82. The van der Waals surface area contributed by atoms with Crippen LogP contribution in [0, 0.1) is 11.6 Å². The topological polar surface area (TPSA) is 55.0 Å². The Hall–Kier alpha value is -2.08. The lowest BCUT2D eigenvalue weighted by molar-refractivity contribution is 0.511. The molecule has 1 heterocycles. The first-order valence-corrected chi connectivity index (χ1v) is 5.82. The molecule has 0 spiro atoms. The number of benzene rings is 1. The van der Waals surface area contributed by atoms with Gasteiger partial charge in [0.1, 0.15) is 0 Å². The molecule has 0 unspecified atom stereocenters. The van der Waals surface area contributed by atoms with Crippen LogP contribution in [0.1, 0.15) is 0 Å². The fourth-order valence-corrected chi connectivity index (χ4v) is 1.68.